The molecule has 9 nitrogen and oxygen atoms in total. The van der Waals surface area contributed by atoms with Gasteiger partial charge < -0.3 is 18.6 Å². The number of rotatable bonds is 8. The minimum absolute atomic E-state index is 0.130. The van der Waals surface area contributed by atoms with Gasteiger partial charge in [-0.3, -0.25) is 14.5 Å². The SMILES string of the molecule is COCCCN1C(=O)c2ccc(C(=O)OCc3cc(C(=O)OC)c(C)o3)cc2C1=O. The topological polar surface area (TPSA) is 112 Å². The molecule has 3 rings (SSSR count). The van der Waals surface area contributed by atoms with Crippen molar-refractivity contribution >= 4 is 23.8 Å². The molecule has 0 aliphatic carbocycles. The summed E-state index contributed by atoms with van der Waals surface area (Å²) in [4.78, 5) is 50.1. The van der Waals surface area contributed by atoms with Crippen LogP contribution in [0.4, 0.5) is 0 Å². The first-order valence-electron chi connectivity index (χ1n) is 9.21. The molecule has 0 spiro atoms. The van der Waals surface area contributed by atoms with E-state index < -0.39 is 23.8 Å². The van der Waals surface area contributed by atoms with E-state index >= 15 is 0 Å². The first kappa shape index (κ1) is 21.3. The van der Waals surface area contributed by atoms with Gasteiger partial charge in [0.2, 0.25) is 0 Å². The summed E-state index contributed by atoms with van der Waals surface area (Å²) in [5, 5.41) is 0. The Morgan fingerprint density at radius 2 is 1.77 bits per heavy atom. The van der Waals surface area contributed by atoms with Crippen LogP contribution in [0.25, 0.3) is 0 Å². The van der Waals surface area contributed by atoms with Crippen LogP contribution >= 0.6 is 0 Å². The summed E-state index contributed by atoms with van der Waals surface area (Å²) in [5.41, 5.74) is 0.788. The van der Waals surface area contributed by atoms with Gasteiger partial charge in [-0.15, -0.1) is 0 Å². The number of amides is 2. The van der Waals surface area contributed by atoms with Gasteiger partial charge in [-0.25, -0.2) is 9.59 Å². The lowest BCUT2D eigenvalue weighted by Crippen LogP contribution is -2.31. The smallest absolute Gasteiger partial charge is 0.341 e. The van der Waals surface area contributed by atoms with Gasteiger partial charge in [0, 0.05) is 20.3 Å². The zero-order valence-electron chi connectivity index (χ0n) is 16.9. The number of aryl methyl sites for hydroxylation is 1. The molecule has 0 fully saturated rings. The molecular weight excluding hydrogens is 394 g/mol. The maximum atomic E-state index is 12.5. The summed E-state index contributed by atoms with van der Waals surface area (Å²) in [5.74, 6) is -1.46. The van der Waals surface area contributed by atoms with Gasteiger partial charge in [0.05, 0.1) is 23.8 Å². The van der Waals surface area contributed by atoms with Crippen molar-refractivity contribution in [1.82, 2.24) is 4.90 Å². The lowest BCUT2D eigenvalue weighted by atomic mass is 10.1. The second kappa shape index (κ2) is 8.91. The summed E-state index contributed by atoms with van der Waals surface area (Å²) >= 11 is 0. The number of ether oxygens (including phenoxy) is 3. The Kier molecular flexibility index (Phi) is 6.31. The number of benzene rings is 1. The standard InChI is InChI=1S/C21H21NO8/c1-12-16(21(26)28-3)10-14(30-12)11-29-20(25)13-5-6-15-17(9-13)19(24)22(18(15)23)7-4-8-27-2/h5-6,9-10H,4,7-8,11H2,1-3H3. The minimum atomic E-state index is -0.690. The third-order valence-corrected chi connectivity index (χ3v) is 4.66. The maximum absolute atomic E-state index is 12.5. The van der Waals surface area contributed by atoms with Crippen molar-refractivity contribution in [3.8, 4) is 0 Å². The molecule has 2 heterocycles. The van der Waals surface area contributed by atoms with E-state index in [1.807, 2.05) is 0 Å². The average Bonchev–Trinajstić information content (AvgIpc) is 3.23. The number of carbonyl (C=O) groups is 4. The second-order valence-electron chi connectivity index (χ2n) is 6.62. The Bertz CT molecular complexity index is 1010. The van der Waals surface area contributed by atoms with Gasteiger partial charge >= 0.3 is 11.9 Å². The van der Waals surface area contributed by atoms with Crippen LogP contribution in [0, 0.1) is 6.92 Å². The number of nitrogens with zero attached hydrogens (tertiary/aromatic N) is 1. The normalized spacial score (nSPS) is 12.8. The zero-order chi connectivity index (χ0) is 21.8. The van der Waals surface area contributed by atoms with Crippen LogP contribution in [0.3, 0.4) is 0 Å². The van der Waals surface area contributed by atoms with Gasteiger partial charge in [-0.2, -0.15) is 0 Å². The Morgan fingerprint density at radius 1 is 1.03 bits per heavy atom. The van der Waals surface area contributed by atoms with Crippen molar-refractivity contribution < 1.29 is 37.8 Å². The minimum Gasteiger partial charge on any atom is -0.465 e. The molecule has 0 radical (unpaired) electrons. The van der Waals surface area contributed by atoms with Crippen LogP contribution in [0.2, 0.25) is 0 Å². The highest BCUT2D eigenvalue weighted by atomic mass is 16.5. The van der Waals surface area contributed by atoms with E-state index in [0.717, 1.165) is 4.90 Å². The number of fused-ring (bicyclic) bond motifs is 1. The highest BCUT2D eigenvalue weighted by molar-refractivity contribution is 6.21. The number of hydrogen-bond donors (Lipinski definition) is 0. The number of hydrogen-bond acceptors (Lipinski definition) is 8. The van der Waals surface area contributed by atoms with Crippen LogP contribution < -0.4 is 0 Å². The molecule has 0 atom stereocenters. The summed E-state index contributed by atoms with van der Waals surface area (Å²) in [6, 6.07) is 5.66. The molecule has 2 aromatic rings. The van der Waals surface area contributed by atoms with Crippen LogP contribution in [0.5, 0.6) is 0 Å². The molecular formula is C21H21NO8. The Labute approximate surface area is 172 Å². The van der Waals surface area contributed by atoms with Crippen molar-refractivity contribution in [3.05, 3.63) is 58.0 Å². The third kappa shape index (κ3) is 4.11. The highest BCUT2D eigenvalue weighted by Gasteiger charge is 2.35. The summed E-state index contributed by atoms with van der Waals surface area (Å²) in [6.45, 7) is 2.05. The molecule has 158 valence electrons. The van der Waals surface area contributed by atoms with Crippen LogP contribution in [-0.4, -0.2) is 56.0 Å². The number of esters is 2. The largest absolute Gasteiger partial charge is 0.465 e. The molecule has 0 saturated heterocycles. The number of methoxy groups -OCH3 is 2. The molecule has 30 heavy (non-hydrogen) atoms. The van der Waals surface area contributed by atoms with Crippen LogP contribution in [-0.2, 0) is 20.8 Å². The van der Waals surface area contributed by atoms with Crippen molar-refractivity contribution in [2.24, 2.45) is 0 Å². The Balaban J connectivity index is 1.69. The number of furan rings is 1. The van der Waals surface area contributed by atoms with E-state index in [4.69, 9.17) is 13.9 Å². The van der Waals surface area contributed by atoms with E-state index in [1.165, 1.54) is 31.4 Å². The molecule has 0 N–H and O–H groups in total. The monoisotopic (exact) mass is 415 g/mol. The molecule has 0 unspecified atom stereocenters. The van der Waals surface area contributed by atoms with E-state index in [9.17, 15) is 19.2 Å². The van der Waals surface area contributed by atoms with E-state index in [-0.39, 0.29) is 41.2 Å². The van der Waals surface area contributed by atoms with E-state index in [2.05, 4.69) is 4.74 Å². The lowest BCUT2D eigenvalue weighted by molar-refractivity contribution is 0.0443. The third-order valence-electron chi connectivity index (χ3n) is 4.66. The van der Waals surface area contributed by atoms with Gasteiger partial charge in [-0.1, -0.05) is 0 Å². The second-order valence-corrected chi connectivity index (χ2v) is 6.62. The fraction of sp³-hybridized carbons (Fsp3) is 0.333. The Morgan fingerprint density at radius 3 is 2.47 bits per heavy atom. The number of carbonyl (C=O) groups excluding carboxylic acids is 4. The molecule has 1 aliphatic rings. The molecule has 2 amide bonds. The van der Waals surface area contributed by atoms with Crippen LogP contribution in [0.15, 0.2) is 28.7 Å². The Hall–Kier alpha value is -3.46. The maximum Gasteiger partial charge on any atom is 0.341 e. The molecule has 9 heteroatoms. The van der Waals surface area contributed by atoms with Crippen molar-refractivity contribution in [2.75, 3.05) is 27.4 Å². The van der Waals surface area contributed by atoms with Gasteiger partial charge in [0.25, 0.3) is 11.8 Å². The van der Waals surface area contributed by atoms with Crippen LogP contribution in [0.1, 0.15) is 59.4 Å². The predicted molar refractivity (Wildman–Crippen MR) is 102 cm³/mol. The highest BCUT2D eigenvalue weighted by Crippen LogP contribution is 2.25. The quantitative estimate of drug-likeness (QED) is 0.367. The fourth-order valence-corrected chi connectivity index (χ4v) is 3.14. The van der Waals surface area contributed by atoms with Gasteiger partial charge in [-0.05, 0) is 37.6 Å². The summed E-state index contributed by atoms with van der Waals surface area (Å²) < 4.78 is 20.2. The van der Waals surface area contributed by atoms with Crippen molar-refractivity contribution in [2.45, 2.75) is 20.0 Å². The van der Waals surface area contributed by atoms with Crippen molar-refractivity contribution in [3.63, 3.8) is 0 Å². The van der Waals surface area contributed by atoms with E-state index in [1.54, 1.807) is 14.0 Å². The van der Waals surface area contributed by atoms with Gasteiger partial charge in [0.15, 0.2) is 0 Å². The summed E-state index contributed by atoms with van der Waals surface area (Å²) in [6.07, 6.45) is 0.521. The molecule has 1 aromatic carbocycles. The van der Waals surface area contributed by atoms with Gasteiger partial charge in [0.1, 0.15) is 23.7 Å². The average molecular weight is 415 g/mol. The fourth-order valence-electron chi connectivity index (χ4n) is 3.14. The van der Waals surface area contributed by atoms with E-state index in [0.29, 0.717) is 18.8 Å². The lowest BCUT2D eigenvalue weighted by Gasteiger charge is -2.12. The van der Waals surface area contributed by atoms with Crippen molar-refractivity contribution in [1.29, 1.82) is 0 Å². The zero-order valence-corrected chi connectivity index (χ0v) is 16.9. The molecule has 1 aliphatic heterocycles. The number of imide groups is 1. The molecule has 1 aromatic heterocycles. The first-order chi connectivity index (χ1) is 14.4. The predicted octanol–water partition coefficient (Wildman–Crippen LogP) is 2.36. The summed E-state index contributed by atoms with van der Waals surface area (Å²) in [7, 11) is 2.80. The first-order valence-corrected chi connectivity index (χ1v) is 9.21. The molecule has 0 saturated carbocycles. The molecule has 0 bridgehead atoms.